The van der Waals surface area contributed by atoms with E-state index < -0.39 is 27.7 Å². The predicted octanol–water partition coefficient (Wildman–Crippen LogP) is 2.26. The van der Waals surface area contributed by atoms with E-state index >= 15 is 0 Å². The van der Waals surface area contributed by atoms with Crippen LogP contribution in [0, 0.1) is 11.6 Å². The van der Waals surface area contributed by atoms with Crippen LogP contribution >= 0.6 is 0 Å². The van der Waals surface area contributed by atoms with Crippen LogP contribution in [-0.4, -0.2) is 43.1 Å². The number of nitrogens with zero attached hydrogens (tertiary/aromatic N) is 1. The normalized spacial score (nSPS) is 19.5. The lowest BCUT2D eigenvalue weighted by Gasteiger charge is -2.37. The number of hydrogen-bond acceptors (Lipinski definition) is 4. The molecule has 0 saturated heterocycles. The SMILES string of the molecule is NC(CC(=O)N1Cc2ccccc2C[C@H]1CNS(=O)(=O)C1CC1)Cc1cc(F)ccc1F. The molecule has 6 nitrogen and oxygen atoms in total. The summed E-state index contributed by atoms with van der Waals surface area (Å²) < 4.78 is 54.7. The van der Waals surface area contributed by atoms with Crippen molar-refractivity contribution in [2.24, 2.45) is 5.73 Å². The summed E-state index contributed by atoms with van der Waals surface area (Å²) in [5, 5.41) is -0.336. The van der Waals surface area contributed by atoms with Crippen LogP contribution < -0.4 is 10.5 Å². The molecule has 2 atom stereocenters. The topological polar surface area (TPSA) is 92.5 Å². The fraction of sp³-hybridized carbons (Fsp3) is 0.435. The van der Waals surface area contributed by atoms with E-state index in [1.165, 1.54) is 0 Å². The molecular weight excluding hydrogens is 436 g/mol. The number of rotatable bonds is 8. The van der Waals surface area contributed by atoms with Gasteiger partial charge in [0.05, 0.1) is 5.25 Å². The maximum atomic E-state index is 13.9. The second-order valence-electron chi connectivity index (χ2n) is 8.65. The maximum Gasteiger partial charge on any atom is 0.224 e. The zero-order chi connectivity index (χ0) is 22.9. The van der Waals surface area contributed by atoms with Crippen molar-refractivity contribution in [3.63, 3.8) is 0 Å². The molecule has 0 spiro atoms. The lowest BCUT2D eigenvalue weighted by Crippen LogP contribution is -2.51. The zero-order valence-corrected chi connectivity index (χ0v) is 18.5. The Morgan fingerprint density at radius 3 is 2.59 bits per heavy atom. The van der Waals surface area contributed by atoms with E-state index in [1.807, 2.05) is 24.3 Å². The Labute approximate surface area is 186 Å². The summed E-state index contributed by atoms with van der Waals surface area (Å²) in [4.78, 5) is 14.8. The number of carbonyl (C=O) groups is 1. The first-order chi connectivity index (χ1) is 15.2. The number of halogens is 2. The average molecular weight is 464 g/mol. The van der Waals surface area contributed by atoms with Gasteiger partial charge in [0.15, 0.2) is 0 Å². The van der Waals surface area contributed by atoms with Crippen LogP contribution in [0.15, 0.2) is 42.5 Å². The summed E-state index contributed by atoms with van der Waals surface area (Å²) in [6.07, 6.45) is 1.83. The first-order valence-electron chi connectivity index (χ1n) is 10.8. The number of carbonyl (C=O) groups excluding carboxylic acids is 1. The fourth-order valence-corrected chi connectivity index (χ4v) is 5.58. The Kier molecular flexibility index (Phi) is 6.60. The molecule has 1 heterocycles. The van der Waals surface area contributed by atoms with Gasteiger partial charge in [-0.2, -0.15) is 0 Å². The zero-order valence-electron chi connectivity index (χ0n) is 17.6. The molecule has 1 saturated carbocycles. The maximum absolute atomic E-state index is 13.9. The lowest BCUT2D eigenvalue weighted by atomic mass is 9.93. The average Bonchev–Trinajstić information content (AvgIpc) is 3.60. The second kappa shape index (κ2) is 9.25. The van der Waals surface area contributed by atoms with E-state index in [4.69, 9.17) is 5.73 Å². The predicted molar refractivity (Wildman–Crippen MR) is 117 cm³/mol. The van der Waals surface area contributed by atoms with E-state index in [2.05, 4.69) is 4.72 Å². The summed E-state index contributed by atoms with van der Waals surface area (Å²) in [6, 6.07) is 9.88. The number of nitrogens with one attached hydrogen (secondary N) is 1. The van der Waals surface area contributed by atoms with Gasteiger partial charge in [-0.25, -0.2) is 21.9 Å². The molecule has 1 amide bonds. The quantitative estimate of drug-likeness (QED) is 0.628. The van der Waals surface area contributed by atoms with Gasteiger partial charge < -0.3 is 10.6 Å². The van der Waals surface area contributed by atoms with Crippen molar-refractivity contribution >= 4 is 15.9 Å². The van der Waals surface area contributed by atoms with Crippen molar-refractivity contribution in [1.29, 1.82) is 0 Å². The molecule has 1 aliphatic heterocycles. The van der Waals surface area contributed by atoms with Gasteiger partial charge in [-0.1, -0.05) is 24.3 Å². The minimum Gasteiger partial charge on any atom is -0.334 e. The monoisotopic (exact) mass is 463 g/mol. The second-order valence-corrected chi connectivity index (χ2v) is 10.7. The van der Waals surface area contributed by atoms with Crippen molar-refractivity contribution in [1.82, 2.24) is 9.62 Å². The Morgan fingerprint density at radius 1 is 1.16 bits per heavy atom. The summed E-state index contributed by atoms with van der Waals surface area (Å²) in [6.45, 7) is 0.485. The highest BCUT2D eigenvalue weighted by Crippen LogP contribution is 2.28. The van der Waals surface area contributed by atoms with Crippen LogP contribution in [0.4, 0.5) is 8.78 Å². The third-order valence-electron chi connectivity index (χ3n) is 6.09. The highest BCUT2D eigenvalue weighted by Gasteiger charge is 2.37. The molecule has 1 aliphatic carbocycles. The van der Waals surface area contributed by atoms with Crippen molar-refractivity contribution in [2.45, 2.75) is 56.0 Å². The minimum atomic E-state index is -3.38. The van der Waals surface area contributed by atoms with E-state index in [0.717, 1.165) is 29.3 Å². The van der Waals surface area contributed by atoms with Crippen molar-refractivity contribution in [3.8, 4) is 0 Å². The Hall–Kier alpha value is -2.36. The van der Waals surface area contributed by atoms with Gasteiger partial charge >= 0.3 is 0 Å². The molecule has 9 heteroatoms. The number of sulfonamides is 1. The highest BCUT2D eigenvalue weighted by molar-refractivity contribution is 7.90. The molecule has 0 aromatic heterocycles. The Balaban J connectivity index is 1.46. The number of hydrogen-bond donors (Lipinski definition) is 2. The molecule has 1 unspecified atom stereocenters. The van der Waals surface area contributed by atoms with Gasteiger partial charge in [-0.15, -0.1) is 0 Å². The Morgan fingerprint density at radius 2 is 1.88 bits per heavy atom. The van der Waals surface area contributed by atoms with Crippen molar-refractivity contribution < 1.29 is 22.0 Å². The summed E-state index contributed by atoms with van der Waals surface area (Å²) in [7, 11) is -3.38. The van der Waals surface area contributed by atoms with Crippen LogP contribution in [0.25, 0.3) is 0 Å². The van der Waals surface area contributed by atoms with E-state index in [1.54, 1.807) is 4.90 Å². The molecular formula is C23H27F2N3O3S. The van der Waals surface area contributed by atoms with Gasteiger partial charge in [-0.05, 0) is 60.6 Å². The van der Waals surface area contributed by atoms with Crippen LogP contribution in [0.1, 0.15) is 36.0 Å². The van der Waals surface area contributed by atoms with Gasteiger partial charge in [-0.3, -0.25) is 4.79 Å². The highest BCUT2D eigenvalue weighted by atomic mass is 32.2. The van der Waals surface area contributed by atoms with E-state index in [0.29, 0.717) is 25.8 Å². The van der Waals surface area contributed by atoms with E-state index in [-0.39, 0.29) is 42.1 Å². The largest absolute Gasteiger partial charge is 0.334 e. The van der Waals surface area contributed by atoms with Crippen LogP contribution in [-0.2, 0) is 34.2 Å². The van der Waals surface area contributed by atoms with Gasteiger partial charge in [0, 0.05) is 31.6 Å². The number of fused-ring (bicyclic) bond motifs is 1. The van der Waals surface area contributed by atoms with Crippen molar-refractivity contribution in [3.05, 3.63) is 70.8 Å². The van der Waals surface area contributed by atoms with Gasteiger partial charge in [0.1, 0.15) is 11.6 Å². The molecule has 4 rings (SSSR count). The molecule has 2 aromatic carbocycles. The smallest absolute Gasteiger partial charge is 0.224 e. The van der Waals surface area contributed by atoms with Gasteiger partial charge in [0.25, 0.3) is 0 Å². The molecule has 0 radical (unpaired) electrons. The number of nitrogens with two attached hydrogens (primary N) is 1. The molecule has 2 aromatic rings. The number of amides is 1. The van der Waals surface area contributed by atoms with E-state index in [9.17, 15) is 22.0 Å². The molecule has 1 fully saturated rings. The summed E-state index contributed by atoms with van der Waals surface area (Å²) in [5.41, 5.74) is 8.33. The first-order valence-corrected chi connectivity index (χ1v) is 12.3. The standard InChI is InChI=1S/C23H27F2N3O3S/c24-18-5-8-22(25)17(9-18)10-19(26)12-23(29)28-14-16-4-2-1-3-15(16)11-20(28)13-27-32(30,31)21-6-7-21/h1-5,8-9,19-21,27H,6-7,10-14,26H2/t19?,20-/m0/s1. The lowest BCUT2D eigenvalue weighted by molar-refractivity contribution is -0.135. The third-order valence-corrected chi connectivity index (χ3v) is 8.00. The van der Waals surface area contributed by atoms with Gasteiger partial charge in [0.2, 0.25) is 15.9 Å². The van der Waals surface area contributed by atoms with Crippen LogP contribution in [0.3, 0.4) is 0 Å². The molecule has 2 aliphatic rings. The minimum absolute atomic E-state index is 0.0265. The van der Waals surface area contributed by atoms with Crippen molar-refractivity contribution in [2.75, 3.05) is 6.54 Å². The number of benzene rings is 2. The molecule has 32 heavy (non-hydrogen) atoms. The van der Waals surface area contributed by atoms with Crippen LogP contribution in [0.5, 0.6) is 0 Å². The molecule has 3 N–H and O–H groups in total. The molecule has 172 valence electrons. The first kappa shape index (κ1) is 22.8. The third kappa shape index (κ3) is 5.33. The Bertz CT molecular complexity index is 1110. The fourth-order valence-electron chi connectivity index (χ4n) is 4.17. The van der Waals surface area contributed by atoms with Crippen LogP contribution in [0.2, 0.25) is 0 Å². The summed E-state index contributed by atoms with van der Waals surface area (Å²) >= 11 is 0. The summed E-state index contributed by atoms with van der Waals surface area (Å²) in [5.74, 6) is -1.36. The molecule has 0 bridgehead atoms.